The molecule has 2 heterocycles. The van der Waals surface area contributed by atoms with Gasteiger partial charge in [0.15, 0.2) is 69.4 Å². The molecule has 0 saturated heterocycles. The number of carbonyl (C=O) groups is 4. The van der Waals surface area contributed by atoms with E-state index in [1.807, 2.05) is 74.8 Å². The van der Waals surface area contributed by atoms with Gasteiger partial charge in [-0.1, -0.05) is 58.5 Å². The molecule has 0 radical (unpaired) electrons. The summed E-state index contributed by atoms with van der Waals surface area (Å²) in [5, 5.41) is 0.893. The summed E-state index contributed by atoms with van der Waals surface area (Å²) in [6.45, 7) is 1.17. The van der Waals surface area contributed by atoms with Crippen molar-refractivity contribution in [1.29, 1.82) is 0 Å². The Bertz CT molecular complexity index is 3270. The van der Waals surface area contributed by atoms with Crippen molar-refractivity contribution in [3.05, 3.63) is 162 Å². The normalized spacial score (nSPS) is 18.4. The van der Waals surface area contributed by atoms with Crippen LogP contribution in [0.15, 0.2) is 97.1 Å². The first-order chi connectivity index (χ1) is 41.7. The Labute approximate surface area is 529 Å². The maximum atomic E-state index is 14.8. The second-order valence-corrected chi connectivity index (χ2v) is 24.1. The molecular weight excluding hydrogens is 1200 g/mol. The number of ether oxygens (including phenoxy) is 10. The fourth-order valence-corrected chi connectivity index (χ4v) is 13.3. The molecule has 87 heavy (non-hydrogen) atoms. The first-order valence-electron chi connectivity index (χ1n) is 28.7. The van der Waals surface area contributed by atoms with Gasteiger partial charge in [-0.05, 0) is 126 Å². The van der Waals surface area contributed by atoms with E-state index in [2.05, 4.69) is 0 Å². The van der Waals surface area contributed by atoms with Crippen LogP contribution in [0, 0.1) is 11.8 Å². The van der Waals surface area contributed by atoms with Crippen LogP contribution in [0.2, 0.25) is 20.1 Å². The highest BCUT2D eigenvalue weighted by Crippen LogP contribution is 2.46. The van der Waals surface area contributed by atoms with Crippen LogP contribution in [-0.2, 0) is 44.7 Å². The Morgan fingerprint density at radius 3 is 1.13 bits per heavy atom. The van der Waals surface area contributed by atoms with Crippen molar-refractivity contribution in [1.82, 2.24) is 0 Å². The van der Waals surface area contributed by atoms with Gasteiger partial charge in [0.05, 0.1) is 107 Å². The maximum absolute atomic E-state index is 14.8. The predicted molar refractivity (Wildman–Crippen MR) is 335 cm³/mol. The molecule has 0 spiro atoms. The number of hydrogen-bond acceptors (Lipinski definition) is 14. The zero-order valence-corrected chi connectivity index (χ0v) is 53.9. The molecule has 20 heteroatoms. The van der Waals surface area contributed by atoms with Crippen molar-refractivity contribution in [3.63, 3.8) is 0 Å². The number of Topliss-reactive ketones (excluding diaryl/α,β-unsaturated/α-hetero) is 2. The topological polar surface area (TPSA) is 161 Å². The van der Waals surface area contributed by atoms with E-state index < -0.39 is 35.3 Å². The van der Waals surface area contributed by atoms with Crippen molar-refractivity contribution in [2.45, 2.75) is 57.0 Å². The van der Waals surface area contributed by atoms with E-state index in [0.717, 1.165) is 33.4 Å². The summed E-state index contributed by atoms with van der Waals surface area (Å²) >= 11 is 26.0. The van der Waals surface area contributed by atoms with Gasteiger partial charge in [0.25, 0.3) is 0 Å². The lowest BCUT2D eigenvalue weighted by atomic mass is 9.84. The average molecular weight is 1280 g/mol. The van der Waals surface area contributed by atoms with Crippen molar-refractivity contribution in [2.24, 2.45) is 11.8 Å². The van der Waals surface area contributed by atoms with Gasteiger partial charge >= 0.3 is 11.9 Å². The molecule has 6 aromatic carbocycles. The molecule has 6 atom stereocenters. The highest BCUT2D eigenvalue weighted by molar-refractivity contribution is 6.38. The standard InChI is InChI=1S/C67H76Cl4N2O14/c1-72(24-22-42-32-60(82-7)62(84-9)36-48(42)54(72)28-40-14-20-56(78-3)58(30-40)80-5)38-50(64(74)46-18-16-44(68)34-52(46)70)66(76)86-26-12-11-13-27-87-67(77)51(65(75)47-19-17-45(69)35-53(47)71)39-73(2)25-23-43-33-61(83-8)63(85-10)37-49(43)55(73)29-41-15-21-57(79-4)59(31-41)81-6/h14-21,30-37,50-51,54-55H,11-13,22-29,38-39H2,1-10H3/q+2. The van der Waals surface area contributed by atoms with Gasteiger partial charge in [-0.3, -0.25) is 19.2 Å². The molecule has 0 aliphatic carbocycles. The Morgan fingerprint density at radius 2 is 0.782 bits per heavy atom. The van der Waals surface area contributed by atoms with Crippen molar-refractivity contribution >= 4 is 69.9 Å². The van der Waals surface area contributed by atoms with Crippen molar-refractivity contribution < 1.29 is 75.5 Å². The van der Waals surface area contributed by atoms with Crippen LogP contribution in [0.1, 0.15) is 85.4 Å². The molecule has 0 saturated carbocycles. The van der Waals surface area contributed by atoms with Crippen LogP contribution in [-0.4, -0.2) is 143 Å². The molecule has 6 aromatic rings. The Hall–Kier alpha value is -6.92. The summed E-state index contributed by atoms with van der Waals surface area (Å²) in [6, 6.07) is 28.0. The molecule has 8 rings (SSSR count). The molecule has 2 aliphatic rings. The van der Waals surface area contributed by atoms with Gasteiger partial charge in [0, 0.05) is 58.0 Å². The van der Waals surface area contributed by atoms with Crippen LogP contribution in [0.3, 0.4) is 0 Å². The molecule has 0 amide bonds. The summed E-state index contributed by atoms with van der Waals surface area (Å²) in [6.07, 6.45) is 3.42. The number of likely N-dealkylation sites (N-methyl/N-ethyl adjacent to an activating group) is 2. The van der Waals surface area contributed by atoms with E-state index in [4.69, 9.17) is 93.8 Å². The molecule has 16 nitrogen and oxygen atoms in total. The number of methoxy groups -OCH3 is 8. The second kappa shape index (κ2) is 29.4. The predicted octanol–water partition coefficient (Wildman–Crippen LogP) is 12.9. The van der Waals surface area contributed by atoms with Gasteiger partial charge in [0.1, 0.15) is 25.2 Å². The highest BCUT2D eigenvalue weighted by Gasteiger charge is 2.48. The smallest absolute Gasteiger partial charge is 0.322 e. The Balaban J connectivity index is 1.00. The third kappa shape index (κ3) is 15.0. The summed E-state index contributed by atoms with van der Waals surface area (Å²) in [7, 11) is 16.8. The number of hydrogen-bond donors (Lipinski definition) is 0. The molecule has 2 aliphatic heterocycles. The summed E-state index contributed by atoms with van der Waals surface area (Å²) < 4.78 is 58.1. The number of rotatable bonds is 28. The van der Waals surface area contributed by atoms with E-state index >= 15 is 0 Å². The molecule has 0 fully saturated rings. The Kier molecular flexibility index (Phi) is 22.3. The minimum atomic E-state index is -1.28. The first kappa shape index (κ1) is 66.0. The van der Waals surface area contributed by atoms with Crippen LogP contribution >= 0.6 is 46.4 Å². The first-order valence-corrected chi connectivity index (χ1v) is 30.2. The molecule has 6 unspecified atom stereocenters. The monoisotopic (exact) mass is 1270 g/mol. The summed E-state index contributed by atoms with van der Waals surface area (Å²) in [5.41, 5.74) is 6.25. The fraction of sp³-hybridized carbons (Fsp3) is 0.403. The van der Waals surface area contributed by atoms with Gasteiger partial charge in [-0.25, -0.2) is 0 Å². The highest BCUT2D eigenvalue weighted by atomic mass is 35.5. The van der Waals surface area contributed by atoms with Crippen LogP contribution in [0.5, 0.6) is 46.0 Å². The molecule has 464 valence electrons. The van der Waals surface area contributed by atoms with Gasteiger partial charge < -0.3 is 56.3 Å². The number of carbonyl (C=O) groups excluding carboxylic acids is 4. The lowest BCUT2D eigenvalue weighted by molar-refractivity contribution is -0.942. The number of quaternary nitrogens is 2. The third-order valence-electron chi connectivity index (χ3n) is 17.1. The zero-order chi connectivity index (χ0) is 62.7. The van der Waals surface area contributed by atoms with Crippen LogP contribution in [0.25, 0.3) is 0 Å². The molecular formula is C67H76Cl4N2O14+2. The molecule has 0 aromatic heterocycles. The van der Waals surface area contributed by atoms with E-state index in [1.165, 1.54) is 24.3 Å². The van der Waals surface area contributed by atoms with Crippen molar-refractivity contribution in [2.75, 3.05) is 110 Å². The number of benzene rings is 6. The lowest BCUT2D eigenvalue weighted by Gasteiger charge is -2.47. The maximum Gasteiger partial charge on any atom is 0.322 e. The number of unbranched alkanes of at least 4 members (excludes halogenated alkanes) is 2. The van der Waals surface area contributed by atoms with Crippen LogP contribution < -0.4 is 37.9 Å². The summed E-state index contributed by atoms with van der Waals surface area (Å²) in [4.78, 5) is 59.0. The quantitative estimate of drug-likeness (QED) is 0.0150. The largest absolute Gasteiger partial charge is 0.493 e. The van der Waals surface area contributed by atoms with E-state index in [9.17, 15) is 19.2 Å². The molecule has 0 bridgehead atoms. The molecule has 0 N–H and O–H groups in total. The summed E-state index contributed by atoms with van der Waals surface area (Å²) in [5.74, 6) is -0.403. The van der Waals surface area contributed by atoms with Gasteiger partial charge in [0.2, 0.25) is 0 Å². The number of ketones is 2. The second-order valence-electron chi connectivity index (χ2n) is 22.4. The van der Waals surface area contributed by atoms with Gasteiger partial charge in [-0.2, -0.15) is 0 Å². The van der Waals surface area contributed by atoms with Crippen molar-refractivity contribution in [3.8, 4) is 46.0 Å². The number of nitrogens with zero attached hydrogens (tertiary/aromatic N) is 2. The van der Waals surface area contributed by atoms with E-state index in [-0.39, 0.29) is 68.5 Å². The third-order valence-corrected chi connectivity index (χ3v) is 18.2. The number of esters is 2. The lowest BCUT2D eigenvalue weighted by Crippen LogP contribution is -2.56. The number of fused-ring (bicyclic) bond motifs is 2. The zero-order valence-electron chi connectivity index (χ0n) is 50.9. The Morgan fingerprint density at radius 1 is 0.437 bits per heavy atom. The average Bonchev–Trinajstić information content (AvgIpc) is 1.88. The number of halogens is 4. The SMILES string of the molecule is COc1ccc(CC2c3cc(OC)c(OC)cc3CC[N+]2(C)CC(C(=O)OCCCCCOC(=O)C(C[N+]2(C)CCc3cc(OC)c(OC)cc3C2Cc2ccc(OC)c(OC)c2)C(=O)c2ccc(Cl)cc2Cl)C(=O)c2ccc(Cl)cc2Cl)cc1OC. The van der Waals surface area contributed by atoms with E-state index in [1.54, 1.807) is 69.0 Å². The van der Waals surface area contributed by atoms with E-state index in [0.29, 0.717) is 114 Å². The van der Waals surface area contributed by atoms with Crippen LogP contribution in [0.4, 0.5) is 0 Å². The minimum Gasteiger partial charge on any atom is -0.493 e. The minimum absolute atomic E-state index is 0.0326. The van der Waals surface area contributed by atoms with Gasteiger partial charge in [-0.15, -0.1) is 0 Å². The fourth-order valence-electron chi connectivity index (χ4n) is 12.3.